The second-order valence-corrected chi connectivity index (χ2v) is 6.03. The van der Waals surface area contributed by atoms with Crippen LogP contribution in [0.4, 0.5) is 8.78 Å². The first-order chi connectivity index (χ1) is 12.9. The maximum Gasteiger partial charge on any atom is 0.387 e. The molecule has 0 saturated carbocycles. The molecule has 1 aromatic heterocycles. The first-order valence-electron chi connectivity index (χ1n) is 7.81. The first kappa shape index (κ1) is 20.7. The molecule has 2 amide bonds. The molecule has 10 heteroatoms. The molecule has 2 aromatic rings. The minimum absolute atomic E-state index is 0.0757. The number of nitrogens with one attached hydrogen (secondary N) is 2. The number of rotatable bonds is 9. The normalized spacial score (nSPS) is 10.6. The molecule has 2 N–H and O–H groups in total. The molecule has 0 aliphatic carbocycles. The maximum absolute atomic E-state index is 12.4. The number of benzene rings is 1. The summed E-state index contributed by atoms with van der Waals surface area (Å²) in [5.41, 5.74) is 0.677. The van der Waals surface area contributed by atoms with Crippen molar-refractivity contribution in [1.29, 1.82) is 0 Å². The van der Waals surface area contributed by atoms with Crippen molar-refractivity contribution < 1.29 is 32.3 Å². The second kappa shape index (κ2) is 9.91. The number of alkyl halides is 2. The van der Waals surface area contributed by atoms with Gasteiger partial charge in [-0.1, -0.05) is 6.07 Å². The molecule has 0 aliphatic heterocycles. The molecule has 0 bridgehead atoms. The Labute approximate surface area is 162 Å². The number of carbonyl (C=O) groups is 2. The van der Waals surface area contributed by atoms with Crippen molar-refractivity contribution in [1.82, 2.24) is 10.6 Å². The van der Waals surface area contributed by atoms with Gasteiger partial charge in [-0.15, -0.1) is 0 Å². The Bertz CT molecular complexity index is 797. The summed E-state index contributed by atoms with van der Waals surface area (Å²) in [4.78, 5) is 23.5. The van der Waals surface area contributed by atoms with Gasteiger partial charge in [0.05, 0.1) is 13.7 Å². The van der Waals surface area contributed by atoms with Gasteiger partial charge in [0.1, 0.15) is 0 Å². The molecule has 146 valence electrons. The van der Waals surface area contributed by atoms with Gasteiger partial charge in [0.15, 0.2) is 21.9 Å². The summed E-state index contributed by atoms with van der Waals surface area (Å²) < 4.78 is 39.7. The van der Waals surface area contributed by atoms with Crippen molar-refractivity contribution in [3.8, 4) is 11.5 Å². The largest absolute Gasteiger partial charge is 0.493 e. The zero-order valence-electron chi connectivity index (χ0n) is 14.3. The van der Waals surface area contributed by atoms with E-state index < -0.39 is 18.4 Å². The summed E-state index contributed by atoms with van der Waals surface area (Å²) in [5, 5.41) is 5.04. The van der Waals surface area contributed by atoms with Crippen LogP contribution in [0.3, 0.4) is 0 Å². The van der Waals surface area contributed by atoms with Crippen molar-refractivity contribution in [3.05, 3.63) is 46.3 Å². The van der Waals surface area contributed by atoms with E-state index >= 15 is 0 Å². The SMILES string of the molecule is COc1ccc(CCNC(=O)CNC(=O)c2ccc(Br)o2)cc1OC(F)F. The van der Waals surface area contributed by atoms with Crippen LogP contribution >= 0.6 is 15.9 Å². The van der Waals surface area contributed by atoms with E-state index in [1.165, 1.54) is 25.3 Å². The van der Waals surface area contributed by atoms with Crippen molar-refractivity contribution in [3.63, 3.8) is 0 Å². The number of hydrogen-bond donors (Lipinski definition) is 2. The van der Waals surface area contributed by atoms with Crippen LogP contribution in [0.5, 0.6) is 11.5 Å². The van der Waals surface area contributed by atoms with E-state index in [4.69, 9.17) is 9.15 Å². The summed E-state index contributed by atoms with van der Waals surface area (Å²) in [6, 6.07) is 7.65. The van der Waals surface area contributed by atoms with E-state index in [0.29, 0.717) is 16.7 Å². The fourth-order valence-corrected chi connectivity index (χ4v) is 2.46. The standard InChI is InChI=1S/C17H17BrF2N2O5/c1-25-11-3-2-10(8-13(11)27-17(19)20)6-7-21-15(23)9-22-16(24)12-4-5-14(18)26-12/h2-5,8,17H,6-7,9H2,1H3,(H,21,23)(H,22,24). The van der Waals surface area contributed by atoms with Crippen molar-refractivity contribution in [2.24, 2.45) is 0 Å². The Morgan fingerprint density at radius 1 is 1.19 bits per heavy atom. The van der Waals surface area contributed by atoms with Crippen LogP contribution in [0.2, 0.25) is 0 Å². The summed E-state index contributed by atoms with van der Waals surface area (Å²) >= 11 is 3.08. The van der Waals surface area contributed by atoms with Crippen molar-refractivity contribution >= 4 is 27.7 Å². The first-order valence-corrected chi connectivity index (χ1v) is 8.60. The zero-order valence-corrected chi connectivity index (χ0v) is 15.8. The zero-order chi connectivity index (χ0) is 19.8. The van der Waals surface area contributed by atoms with Crippen LogP contribution in [0.15, 0.2) is 39.4 Å². The highest BCUT2D eigenvalue weighted by Crippen LogP contribution is 2.29. The molecule has 0 fully saturated rings. The van der Waals surface area contributed by atoms with Gasteiger partial charge in [0, 0.05) is 6.54 Å². The van der Waals surface area contributed by atoms with E-state index in [1.807, 2.05) is 0 Å². The molecule has 0 aliphatic rings. The van der Waals surface area contributed by atoms with E-state index in [0.717, 1.165) is 0 Å². The predicted molar refractivity (Wildman–Crippen MR) is 95.1 cm³/mol. The van der Waals surface area contributed by atoms with Crippen molar-refractivity contribution in [2.75, 3.05) is 20.2 Å². The number of methoxy groups -OCH3 is 1. The summed E-state index contributed by atoms with van der Waals surface area (Å²) in [5.74, 6) is -0.714. The lowest BCUT2D eigenvalue weighted by atomic mass is 10.1. The van der Waals surface area contributed by atoms with Gasteiger partial charge >= 0.3 is 6.61 Å². The summed E-state index contributed by atoms with van der Waals surface area (Å²) in [7, 11) is 1.35. The van der Waals surface area contributed by atoms with Crippen LogP contribution in [0.1, 0.15) is 16.1 Å². The number of hydrogen-bond acceptors (Lipinski definition) is 5. The lowest BCUT2D eigenvalue weighted by Gasteiger charge is -2.12. The quantitative estimate of drug-likeness (QED) is 0.617. The van der Waals surface area contributed by atoms with Gasteiger partial charge in [-0.3, -0.25) is 9.59 Å². The fraction of sp³-hybridized carbons (Fsp3) is 0.294. The van der Waals surface area contributed by atoms with E-state index in [-0.39, 0.29) is 30.3 Å². The average Bonchev–Trinajstić information content (AvgIpc) is 3.06. The smallest absolute Gasteiger partial charge is 0.387 e. The topological polar surface area (TPSA) is 89.8 Å². The number of halogens is 3. The highest BCUT2D eigenvalue weighted by atomic mass is 79.9. The van der Waals surface area contributed by atoms with E-state index in [2.05, 4.69) is 31.3 Å². The number of furan rings is 1. The van der Waals surface area contributed by atoms with E-state index in [1.54, 1.807) is 12.1 Å². The Hall–Kier alpha value is -2.62. The summed E-state index contributed by atoms with van der Waals surface area (Å²) in [6.07, 6.45) is 0.383. The van der Waals surface area contributed by atoms with Crippen LogP contribution in [-0.4, -0.2) is 38.6 Å². The number of ether oxygens (including phenoxy) is 2. The molecule has 2 rings (SSSR count). The fourth-order valence-electron chi connectivity index (χ4n) is 2.16. The third kappa shape index (κ3) is 6.55. The molecule has 27 heavy (non-hydrogen) atoms. The molecule has 0 spiro atoms. The van der Waals surface area contributed by atoms with Gasteiger partial charge in [-0.2, -0.15) is 8.78 Å². The Balaban J connectivity index is 1.78. The third-order valence-electron chi connectivity index (χ3n) is 3.39. The second-order valence-electron chi connectivity index (χ2n) is 5.25. The minimum Gasteiger partial charge on any atom is -0.493 e. The highest BCUT2D eigenvalue weighted by Gasteiger charge is 2.13. The third-order valence-corrected chi connectivity index (χ3v) is 3.81. The van der Waals surface area contributed by atoms with Crippen LogP contribution < -0.4 is 20.1 Å². The molecular weight excluding hydrogens is 430 g/mol. The lowest BCUT2D eigenvalue weighted by molar-refractivity contribution is -0.120. The van der Waals surface area contributed by atoms with Gasteiger partial charge in [-0.05, 0) is 52.2 Å². The molecule has 0 saturated heterocycles. The minimum atomic E-state index is -2.97. The maximum atomic E-state index is 12.4. The predicted octanol–water partition coefficient (Wildman–Crippen LogP) is 2.74. The molecule has 1 aromatic carbocycles. The van der Waals surface area contributed by atoms with Gasteiger partial charge < -0.3 is 24.5 Å². The number of amides is 2. The molecule has 1 heterocycles. The Kier molecular flexibility index (Phi) is 7.59. The van der Waals surface area contributed by atoms with E-state index in [9.17, 15) is 18.4 Å². The Morgan fingerprint density at radius 2 is 1.96 bits per heavy atom. The lowest BCUT2D eigenvalue weighted by Crippen LogP contribution is -2.37. The van der Waals surface area contributed by atoms with Crippen LogP contribution in [0, 0.1) is 0 Å². The van der Waals surface area contributed by atoms with Crippen LogP contribution in [-0.2, 0) is 11.2 Å². The molecule has 0 radical (unpaired) electrons. The molecule has 7 nitrogen and oxygen atoms in total. The highest BCUT2D eigenvalue weighted by molar-refractivity contribution is 9.10. The van der Waals surface area contributed by atoms with Crippen molar-refractivity contribution in [2.45, 2.75) is 13.0 Å². The Morgan fingerprint density at radius 3 is 2.59 bits per heavy atom. The van der Waals surface area contributed by atoms with Gasteiger partial charge in [0.25, 0.3) is 5.91 Å². The monoisotopic (exact) mass is 446 g/mol. The van der Waals surface area contributed by atoms with Crippen LogP contribution in [0.25, 0.3) is 0 Å². The summed E-state index contributed by atoms with van der Waals surface area (Å²) in [6.45, 7) is -2.94. The van der Waals surface area contributed by atoms with Gasteiger partial charge in [0.2, 0.25) is 5.91 Å². The average molecular weight is 447 g/mol. The number of carbonyl (C=O) groups excluding carboxylic acids is 2. The molecule has 0 unspecified atom stereocenters. The molecular formula is C17H17BrF2N2O5. The van der Waals surface area contributed by atoms with Gasteiger partial charge in [-0.25, -0.2) is 0 Å². The molecule has 0 atom stereocenters.